The van der Waals surface area contributed by atoms with Gasteiger partial charge in [0.1, 0.15) is 0 Å². The summed E-state index contributed by atoms with van der Waals surface area (Å²) in [6.45, 7) is 9.30. The Morgan fingerprint density at radius 2 is 0.282 bits per heavy atom. The van der Waals surface area contributed by atoms with E-state index in [-0.39, 0.29) is 0 Å². The van der Waals surface area contributed by atoms with Crippen LogP contribution in [0.2, 0.25) is 0 Å². The lowest BCUT2D eigenvalue weighted by Gasteiger charge is -2.06. The zero-order chi connectivity index (χ0) is 55.5. The quantitative estimate of drug-likeness (QED) is 0.0546. The smallest absolute Gasteiger partial charge is 0.0717 e. The minimum absolute atomic E-state index is 1.30. The van der Waals surface area contributed by atoms with Gasteiger partial charge in [-0.3, -0.25) is 0 Å². The highest BCUT2D eigenvalue weighted by Crippen LogP contribution is 2.66. The summed E-state index contributed by atoms with van der Waals surface area (Å²) in [6, 6.07) is 0. The molecule has 0 N–H and O–H groups in total. The van der Waals surface area contributed by atoms with Crippen molar-refractivity contribution in [3.05, 3.63) is 25.4 Å². The van der Waals surface area contributed by atoms with Gasteiger partial charge in [0.15, 0.2) is 0 Å². The van der Waals surface area contributed by atoms with Crippen molar-refractivity contribution >= 4 is 94.1 Å². The number of thioether (sulfide) groups is 8. The molecular weight excluding hydrogens is 1100 g/mol. The van der Waals surface area contributed by atoms with Gasteiger partial charge in [0, 0.05) is 0 Å². The number of unbranched alkanes of at least 4 members (excludes halogenated alkanes) is 52. The van der Waals surface area contributed by atoms with Gasteiger partial charge in [0.05, 0.1) is 25.4 Å². The zero-order valence-electron chi connectivity index (χ0n) is 52.7. The van der Waals surface area contributed by atoms with E-state index in [0.29, 0.717) is 0 Å². The molecule has 0 saturated carbocycles. The van der Waals surface area contributed by atoms with Gasteiger partial charge in [-0.25, -0.2) is 0 Å². The number of hydrogen-bond donors (Lipinski definition) is 0. The van der Waals surface area contributed by atoms with Crippen molar-refractivity contribution in [1.29, 1.82) is 0 Å². The van der Waals surface area contributed by atoms with Gasteiger partial charge in [-0.15, -0.1) is 47.0 Å². The summed E-state index contributed by atoms with van der Waals surface area (Å²) >= 11 is 17.5. The molecule has 0 radical (unpaired) electrons. The minimum atomic E-state index is 1.30. The molecule has 460 valence electrons. The topological polar surface area (TPSA) is 0 Å². The Bertz CT molecular complexity index is 1160. The molecule has 0 unspecified atom stereocenters. The Kier molecular flexibility index (Phi) is 60.6. The first-order valence-electron chi connectivity index (χ1n) is 35.2. The average Bonchev–Trinajstić information content (AvgIpc) is 4.07. The second kappa shape index (κ2) is 62.1. The SMILES string of the molecule is CCCCCCCCCCCCCCCCSC1=C(SCCCCCCCCCCCCCCCC)SC(=C2SC(SCCCCCCCCCCCCCCCC)=C(SCCCCCCCCCCCCCCCC)S2)S1. The molecule has 78 heavy (non-hydrogen) atoms. The summed E-state index contributed by atoms with van der Waals surface area (Å²) in [6.07, 6.45) is 80.8. The highest BCUT2D eigenvalue weighted by molar-refractivity contribution is 8.45. The van der Waals surface area contributed by atoms with E-state index < -0.39 is 0 Å². The number of rotatable bonds is 64. The van der Waals surface area contributed by atoms with Crippen LogP contribution in [0.4, 0.5) is 0 Å². The van der Waals surface area contributed by atoms with Crippen LogP contribution in [0.3, 0.4) is 0 Å². The molecule has 0 atom stereocenters. The van der Waals surface area contributed by atoms with Gasteiger partial charge >= 0.3 is 0 Å². The molecule has 0 saturated heterocycles. The fourth-order valence-corrected chi connectivity index (χ4v) is 23.2. The summed E-state index contributed by atoms with van der Waals surface area (Å²) in [4.78, 5) is 0. The van der Waals surface area contributed by atoms with E-state index in [4.69, 9.17) is 0 Å². The third-order valence-corrected chi connectivity index (χ3v) is 28.1. The van der Waals surface area contributed by atoms with Crippen molar-refractivity contribution in [1.82, 2.24) is 0 Å². The van der Waals surface area contributed by atoms with Gasteiger partial charge in [0.2, 0.25) is 0 Å². The highest BCUT2D eigenvalue weighted by Gasteiger charge is 2.31. The number of hydrogen-bond acceptors (Lipinski definition) is 8. The summed E-state index contributed by atoms with van der Waals surface area (Å²) in [5.41, 5.74) is 0. The van der Waals surface area contributed by atoms with Crippen LogP contribution in [-0.2, 0) is 0 Å². The largest absolute Gasteiger partial charge is 0.117 e. The van der Waals surface area contributed by atoms with Gasteiger partial charge in [0.25, 0.3) is 0 Å². The maximum Gasteiger partial charge on any atom is 0.0717 e. The molecular formula is C70H132S8. The lowest BCUT2D eigenvalue weighted by molar-refractivity contribution is 0.538. The summed E-state index contributed by atoms with van der Waals surface area (Å²) < 4.78 is 9.81. The molecule has 0 bridgehead atoms. The lowest BCUT2D eigenvalue weighted by atomic mass is 10.0. The normalized spacial score (nSPS) is 14.0. The lowest BCUT2D eigenvalue weighted by Crippen LogP contribution is -1.85. The second-order valence-corrected chi connectivity index (χ2v) is 34.0. The summed E-state index contributed by atoms with van der Waals surface area (Å²) in [5, 5.41) is 0. The van der Waals surface area contributed by atoms with Crippen molar-refractivity contribution in [2.75, 3.05) is 23.0 Å². The molecule has 0 aromatic heterocycles. The van der Waals surface area contributed by atoms with Crippen molar-refractivity contribution in [2.45, 2.75) is 387 Å². The maximum absolute atomic E-state index is 2.33. The van der Waals surface area contributed by atoms with Crippen LogP contribution in [-0.4, -0.2) is 23.0 Å². The first-order valence-corrected chi connectivity index (χ1v) is 42.4. The first kappa shape index (κ1) is 76.1. The van der Waals surface area contributed by atoms with Crippen LogP contribution in [0.5, 0.6) is 0 Å². The molecule has 0 fully saturated rings. The van der Waals surface area contributed by atoms with Gasteiger partial charge in [-0.05, 0) is 48.7 Å². The Balaban J connectivity index is 1.87. The highest BCUT2D eigenvalue weighted by atomic mass is 32.3. The Morgan fingerprint density at radius 3 is 0.410 bits per heavy atom. The summed E-state index contributed by atoms with van der Waals surface area (Å²) in [5.74, 6) is 5.19. The van der Waals surface area contributed by atoms with Crippen LogP contribution in [0, 0.1) is 0 Å². The molecule has 8 heteroatoms. The van der Waals surface area contributed by atoms with Crippen molar-refractivity contribution < 1.29 is 0 Å². The Labute approximate surface area is 525 Å². The first-order chi connectivity index (χ1) is 38.7. The molecule has 0 amide bonds. The Morgan fingerprint density at radius 1 is 0.167 bits per heavy atom. The molecule has 2 heterocycles. The van der Waals surface area contributed by atoms with E-state index in [0.717, 1.165) is 0 Å². The van der Waals surface area contributed by atoms with E-state index in [1.165, 1.54) is 383 Å². The van der Waals surface area contributed by atoms with Crippen molar-refractivity contribution in [3.63, 3.8) is 0 Å². The van der Waals surface area contributed by atoms with E-state index in [1.807, 2.05) is 0 Å². The third-order valence-electron chi connectivity index (χ3n) is 16.2. The van der Waals surface area contributed by atoms with Crippen LogP contribution in [0.25, 0.3) is 0 Å². The predicted molar refractivity (Wildman–Crippen MR) is 383 cm³/mol. The molecule has 2 aliphatic heterocycles. The van der Waals surface area contributed by atoms with Crippen LogP contribution in [0.15, 0.2) is 25.4 Å². The Hall–Kier alpha value is 2.02. The molecule has 2 rings (SSSR count). The van der Waals surface area contributed by atoms with Gasteiger partial charge in [-0.1, -0.05) is 409 Å². The predicted octanol–water partition coefficient (Wildman–Crippen LogP) is 30.2. The monoisotopic (exact) mass is 1230 g/mol. The molecule has 0 spiro atoms. The fraction of sp³-hybridized carbons (Fsp3) is 0.914. The molecule has 0 aromatic rings. The van der Waals surface area contributed by atoms with Crippen LogP contribution in [0.1, 0.15) is 387 Å². The van der Waals surface area contributed by atoms with Crippen LogP contribution >= 0.6 is 94.1 Å². The third kappa shape index (κ3) is 48.2. The fourth-order valence-electron chi connectivity index (χ4n) is 10.9. The summed E-state index contributed by atoms with van der Waals surface area (Å²) in [7, 11) is 0. The van der Waals surface area contributed by atoms with Crippen LogP contribution < -0.4 is 0 Å². The van der Waals surface area contributed by atoms with Gasteiger partial charge < -0.3 is 0 Å². The van der Waals surface area contributed by atoms with E-state index in [9.17, 15) is 0 Å². The maximum atomic E-state index is 2.33. The van der Waals surface area contributed by atoms with Crippen molar-refractivity contribution in [2.24, 2.45) is 0 Å². The average molecular weight is 1230 g/mol. The molecule has 2 aliphatic rings. The van der Waals surface area contributed by atoms with E-state index >= 15 is 0 Å². The zero-order valence-corrected chi connectivity index (χ0v) is 59.2. The minimum Gasteiger partial charge on any atom is -0.117 e. The van der Waals surface area contributed by atoms with E-state index in [2.05, 4.69) is 122 Å². The molecule has 0 aliphatic carbocycles. The van der Waals surface area contributed by atoms with E-state index in [1.54, 1.807) is 25.4 Å². The second-order valence-electron chi connectivity index (χ2n) is 23.9. The van der Waals surface area contributed by atoms with Gasteiger partial charge in [-0.2, -0.15) is 0 Å². The molecule has 0 nitrogen and oxygen atoms in total. The molecule has 0 aromatic carbocycles. The standard InChI is InChI=1S/C70H132S8/c1-5-9-13-17-21-25-29-33-37-41-45-49-53-57-61-71-65-66(72-62-58-54-50-46-42-38-34-30-26-22-18-14-10-6-2)76-69(75-65)70-77-67(73-63-59-55-51-47-43-39-35-31-27-23-19-15-11-7-3)68(78-70)74-64-60-56-52-48-44-40-36-32-28-24-20-16-12-8-4/h5-64H2,1-4H3. The van der Waals surface area contributed by atoms with Crippen molar-refractivity contribution in [3.8, 4) is 0 Å².